The fourth-order valence-corrected chi connectivity index (χ4v) is 6.48. The number of nitrogens with one attached hydrogen (secondary N) is 1. The molecule has 0 unspecified atom stereocenters. The van der Waals surface area contributed by atoms with Gasteiger partial charge in [-0.25, -0.2) is 0 Å². The van der Waals surface area contributed by atoms with Gasteiger partial charge in [-0.05, 0) is 57.8 Å². The maximum absolute atomic E-state index is 12.4. The van der Waals surface area contributed by atoms with Crippen molar-refractivity contribution >= 4 is 5.91 Å². The molecule has 2 atom stereocenters. The molecule has 0 aromatic heterocycles. The number of aliphatic hydroxyl groups is 2. The first-order chi connectivity index (χ1) is 24.2. The number of amides is 1. The second-order valence-corrected chi connectivity index (χ2v) is 14.8. The van der Waals surface area contributed by atoms with Gasteiger partial charge in [-0.2, -0.15) is 0 Å². The van der Waals surface area contributed by atoms with Crippen LogP contribution in [0.5, 0.6) is 0 Å². The lowest BCUT2D eigenvalue weighted by atomic mass is 10.0. The Morgan fingerprint density at radius 3 is 1.18 bits per heavy atom. The summed E-state index contributed by atoms with van der Waals surface area (Å²) in [6, 6.07) is -0.637. The van der Waals surface area contributed by atoms with E-state index in [4.69, 9.17) is 0 Å². The monoisotopic (exact) mass is 688 g/mol. The van der Waals surface area contributed by atoms with Crippen LogP contribution in [0.15, 0.2) is 36.5 Å². The van der Waals surface area contributed by atoms with Crippen LogP contribution in [-0.2, 0) is 4.79 Å². The first-order valence-corrected chi connectivity index (χ1v) is 21.7. The number of hydrogen-bond donors (Lipinski definition) is 3. The summed E-state index contributed by atoms with van der Waals surface area (Å²) in [7, 11) is 0. The maximum atomic E-state index is 12.4. The van der Waals surface area contributed by atoms with Crippen LogP contribution in [0.25, 0.3) is 0 Å². The number of unbranched alkanes of at least 4 members (excludes halogenated alkanes) is 28. The number of hydrogen-bond acceptors (Lipinski definition) is 3. The van der Waals surface area contributed by atoms with Crippen LogP contribution < -0.4 is 5.32 Å². The van der Waals surface area contributed by atoms with E-state index in [-0.39, 0.29) is 12.5 Å². The van der Waals surface area contributed by atoms with Crippen LogP contribution in [0.2, 0.25) is 0 Å². The number of allylic oxidation sites excluding steroid dienone is 5. The van der Waals surface area contributed by atoms with E-state index in [2.05, 4.69) is 43.5 Å². The molecule has 0 bridgehead atoms. The third kappa shape index (κ3) is 37.7. The Kier molecular flexibility index (Phi) is 39.9. The molecule has 0 aliphatic heterocycles. The van der Waals surface area contributed by atoms with Crippen molar-refractivity contribution in [3.8, 4) is 0 Å². The van der Waals surface area contributed by atoms with Gasteiger partial charge in [0, 0.05) is 6.42 Å². The third-order valence-corrected chi connectivity index (χ3v) is 9.85. The average molecular weight is 688 g/mol. The molecule has 0 aliphatic rings. The minimum atomic E-state index is -0.860. The number of aliphatic hydroxyl groups excluding tert-OH is 2. The molecule has 3 N–H and O–H groups in total. The summed E-state index contributed by atoms with van der Waals surface area (Å²) in [5, 5.41) is 23.0. The zero-order chi connectivity index (χ0) is 35.7. The van der Waals surface area contributed by atoms with Gasteiger partial charge in [0.1, 0.15) is 0 Å². The third-order valence-electron chi connectivity index (χ3n) is 9.85. The van der Waals surface area contributed by atoms with Gasteiger partial charge < -0.3 is 15.5 Å². The molecule has 0 aromatic carbocycles. The molecular weight excluding hydrogens is 602 g/mol. The van der Waals surface area contributed by atoms with Gasteiger partial charge >= 0.3 is 0 Å². The highest BCUT2D eigenvalue weighted by Gasteiger charge is 2.17. The summed E-state index contributed by atoms with van der Waals surface area (Å²) in [6.07, 6.45) is 53.9. The van der Waals surface area contributed by atoms with Crippen molar-refractivity contribution < 1.29 is 15.0 Å². The minimum Gasteiger partial charge on any atom is -0.394 e. The zero-order valence-electron chi connectivity index (χ0n) is 33.0. The smallest absolute Gasteiger partial charge is 0.220 e. The van der Waals surface area contributed by atoms with E-state index in [1.807, 2.05) is 6.08 Å². The predicted molar refractivity (Wildman–Crippen MR) is 216 cm³/mol. The Hall–Kier alpha value is -1.39. The average Bonchev–Trinajstić information content (AvgIpc) is 3.10. The van der Waals surface area contributed by atoms with Crippen molar-refractivity contribution in [2.45, 2.75) is 238 Å². The van der Waals surface area contributed by atoms with E-state index in [0.29, 0.717) is 6.42 Å². The Labute approximate surface area is 306 Å². The van der Waals surface area contributed by atoms with Crippen molar-refractivity contribution in [1.29, 1.82) is 0 Å². The first-order valence-electron chi connectivity index (χ1n) is 21.7. The molecular formula is C45H85NO3. The van der Waals surface area contributed by atoms with Gasteiger partial charge in [0.2, 0.25) is 5.91 Å². The second-order valence-electron chi connectivity index (χ2n) is 14.8. The van der Waals surface area contributed by atoms with Gasteiger partial charge in [0.05, 0.1) is 18.8 Å². The number of carbonyl (C=O) groups is 1. The van der Waals surface area contributed by atoms with E-state index in [1.165, 1.54) is 173 Å². The normalized spacial score (nSPS) is 13.3. The molecule has 0 fully saturated rings. The van der Waals surface area contributed by atoms with E-state index in [9.17, 15) is 15.0 Å². The van der Waals surface area contributed by atoms with Gasteiger partial charge in [-0.1, -0.05) is 198 Å². The topological polar surface area (TPSA) is 69.6 Å². The Morgan fingerprint density at radius 2 is 0.796 bits per heavy atom. The van der Waals surface area contributed by atoms with Crippen molar-refractivity contribution in [2.75, 3.05) is 6.61 Å². The predicted octanol–water partition coefficient (Wildman–Crippen LogP) is 13.4. The molecule has 0 aromatic rings. The fraction of sp³-hybridized carbons (Fsp3) is 0.844. The molecule has 0 radical (unpaired) electrons. The summed E-state index contributed by atoms with van der Waals surface area (Å²) in [5.74, 6) is -0.0743. The van der Waals surface area contributed by atoms with Crippen LogP contribution in [0.1, 0.15) is 226 Å². The molecule has 4 heteroatoms. The molecule has 4 nitrogen and oxygen atoms in total. The Morgan fingerprint density at radius 1 is 0.469 bits per heavy atom. The standard InChI is InChI=1S/C45H85NO3/c1-3-5-7-9-11-13-15-17-19-21-22-23-24-25-27-29-31-33-35-37-39-41-45(49)46-43(42-47)44(48)40-38-36-34-32-30-28-26-20-18-16-14-12-10-8-6-4-2/h17,19,30,32,38,40,43-44,47-48H,3-16,18,20-29,31,33-37,39,41-42H2,1-2H3,(H,46,49)/b19-17+,32-30+,40-38+/t43-,44+/m0/s1. The van der Waals surface area contributed by atoms with Crippen LogP contribution >= 0.6 is 0 Å². The highest BCUT2D eigenvalue weighted by atomic mass is 16.3. The summed E-state index contributed by atoms with van der Waals surface area (Å²) in [6.45, 7) is 4.29. The van der Waals surface area contributed by atoms with E-state index < -0.39 is 12.1 Å². The molecule has 0 aliphatic carbocycles. The second kappa shape index (κ2) is 41.0. The summed E-state index contributed by atoms with van der Waals surface area (Å²) >= 11 is 0. The van der Waals surface area contributed by atoms with Crippen LogP contribution in [-0.4, -0.2) is 34.9 Å². The minimum absolute atomic E-state index is 0.0743. The highest BCUT2D eigenvalue weighted by Crippen LogP contribution is 2.14. The largest absolute Gasteiger partial charge is 0.394 e. The van der Waals surface area contributed by atoms with Crippen molar-refractivity contribution in [3.05, 3.63) is 36.5 Å². The van der Waals surface area contributed by atoms with Crippen LogP contribution in [0.4, 0.5) is 0 Å². The lowest BCUT2D eigenvalue weighted by Gasteiger charge is -2.19. The number of carbonyl (C=O) groups excluding carboxylic acids is 1. The van der Waals surface area contributed by atoms with Crippen LogP contribution in [0, 0.1) is 0 Å². The van der Waals surface area contributed by atoms with E-state index >= 15 is 0 Å². The van der Waals surface area contributed by atoms with Crippen LogP contribution in [0.3, 0.4) is 0 Å². The lowest BCUT2D eigenvalue weighted by molar-refractivity contribution is -0.123. The molecule has 288 valence electrons. The lowest BCUT2D eigenvalue weighted by Crippen LogP contribution is -2.45. The zero-order valence-corrected chi connectivity index (χ0v) is 33.0. The molecule has 0 rings (SSSR count). The molecule has 49 heavy (non-hydrogen) atoms. The molecule has 0 saturated carbocycles. The van der Waals surface area contributed by atoms with Crippen molar-refractivity contribution in [3.63, 3.8) is 0 Å². The van der Waals surface area contributed by atoms with Gasteiger partial charge in [0.25, 0.3) is 0 Å². The van der Waals surface area contributed by atoms with Gasteiger partial charge in [-0.3, -0.25) is 4.79 Å². The first kappa shape index (κ1) is 47.6. The van der Waals surface area contributed by atoms with Crippen molar-refractivity contribution in [1.82, 2.24) is 5.32 Å². The quantitative estimate of drug-likeness (QED) is 0.0445. The Bertz CT molecular complexity index is 746. The summed E-state index contributed by atoms with van der Waals surface area (Å²) in [4.78, 5) is 12.4. The van der Waals surface area contributed by atoms with E-state index in [1.54, 1.807) is 6.08 Å². The number of rotatable bonds is 39. The molecule has 1 amide bonds. The van der Waals surface area contributed by atoms with Gasteiger partial charge in [0.15, 0.2) is 0 Å². The van der Waals surface area contributed by atoms with E-state index in [0.717, 1.165) is 32.1 Å². The molecule has 0 saturated heterocycles. The SMILES string of the molecule is CCCCCCCC/C=C/CCCCCCCCCCCCCC(=O)N[C@@H](CO)[C@H](O)/C=C/CC/C=C/CCCCCCCCCCCC. The maximum Gasteiger partial charge on any atom is 0.220 e. The summed E-state index contributed by atoms with van der Waals surface area (Å²) < 4.78 is 0. The van der Waals surface area contributed by atoms with Crippen molar-refractivity contribution in [2.24, 2.45) is 0 Å². The molecule has 0 spiro atoms. The Balaban J connectivity index is 3.59. The highest BCUT2D eigenvalue weighted by molar-refractivity contribution is 5.76. The molecule has 0 heterocycles. The van der Waals surface area contributed by atoms with Gasteiger partial charge in [-0.15, -0.1) is 0 Å². The fourth-order valence-electron chi connectivity index (χ4n) is 6.48. The summed E-state index contributed by atoms with van der Waals surface area (Å²) in [5.41, 5.74) is 0.